The normalized spacial score (nSPS) is 12.6. The van der Waals surface area contributed by atoms with Crippen LogP contribution < -0.4 is 13.3 Å². The number of aryl methyl sites for hydroxylation is 1. The molecule has 31 heavy (non-hydrogen) atoms. The van der Waals surface area contributed by atoms with Crippen LogP contribution in [0.5, 0.6) is 11.5 Å². The van der Waals surface area contributed by atoms with Crippen LogP contribution in [-0.2, 0) is 21.3 Å². The molecule has 0 fully saturated rings. The molecule has 0 unspecified atom stereocenters. The summed E-state index contributed by atoms with van der Waals surface area (Å²) in [5, 5.41) is 0.964. The molecule has 0 saturated heterocycles. The van der Waals surface area contributed by atoms with Crippen LogP contribution in [0.3, 0.4) is 0 Å². The van der Waals surface area contributed by atoms with Crippen LogP contribution in [-0.4, -0.2) is 47.0 Å². The van der Waals surface area contributed by atoms with Gasteiger partial charge in [0, 0.05) is 0 Å². The number of hydrogen-bond acceptors (Lipinski definition) is 5. The van der Waals surface area contributed by atoms with E-state index in [-0.39, 0.29) is 5.75 Å². The SMILES string of the molecule is CCOCCOc1ccc(C[CH2][Ge]([CH3])([CH3])[c]2ccc(OS(=O)(=O)C(F)(F)F)cc2)cc1. The van der Waals surface area contributed by atoms with Gasteiger partial charge in [0.1, 0.15) is 0 Å². The molecule has 0 atom stereocenters. The summed E-state index contributed by atoms with van der Waals surface area (Å²) in [7, 11) is -5.66. The van der Waals surface area contributed by atoms with Gasteiger partial charge in [0.05, 0.1) is 0 Å². The van der Waals surface area contributed by atoms with Crippen LogP contribution in [0.2, 0.25) is 16.8 Å². The number of benzene rings is 2. The first-order valence-corrected chi connectivity index (χ1v) is 18.0. The van der Waals surface area contributed by atoms with E-state index >= 15 is 0 Å². The molecule has 0 spiro atoms. The van der Waals surface area contributed by atoms with Gasteiger partial charge < -0.3 is 0 Å². The molecular weight excluding hydrogens is 494 g/mol. The summed E-state index contributed by atoms with van der Waals surface area (Å²) in [6.07, 6.45) is 0.868. The van der Waals surface area contributed by atoms with Crippen molar-refractivity contribution in [2.24, 2.45) is 0 Å². The predicted molar refractivity (Wildman–Crippen MR) is 116 cm³/mol. The van der Waals surface area contributed by atoms with E-state index in [0.29, 0.717) is 19.8 Å². The molecule has 0 N–H and O–H groups in total. The zero-order valence-electron chi connectivity index (χ0n) is 17.7. The Hall–Kier alpha value is -1.72. The van der Waals surface area contributed by atoms with Gasteiger partial charge in [-0.3, -0.25) is 0 Å². The van der Waals surface area contributed by atoms with Gasteiger partial charge >= 0.3 is 184 Å². The minimum atomic E-state index is -5.66. The van der Waals surface area contributed by atoms with Crippen molar-refractivity contribution in [2.75, 3.05) is 19.8 Å². The molecule has 0 saturated carbocycles. The summed E-state index contributed by atoms with van der Waals surface area (Å²) < 4.78 is 75.7. The van der Waals surface area contributed by atoms with Crippen LogP contribution in [0, 0.1) is 0 Å². The zero-order valence-corrected chi connectivity index (χ0v) is 20.7. The van der Waals surface area contributed by atoms with Gasteiger partial charge in [0.15, 0.2) is 0 Å². The molecule has 5 nitrogen and oxygen atoms in total. The zero-order chi connectivity index (χ0) is 23.1. The van der Waals surface area contributed by atoms with E-state index in [4.69, 9.17) is 9.47 Å². The number of halogens is 3. The number of ether oxygens (including phenoxy) is 2. The van der Waals surface area contributed by atoms with Crippen molar-refractivity contribution >= 4 is 27.8 Å². The molecule has 0 aliphatic rings. The summed E-state index contributed by atoms with van der Waals surface area (Å²) in [5.41, 5.74) is -4.28. The second kappa shape index (κ2) is 10.7. The average molecular weight is 521 g/mol. The Balaban J connectivity index is 1.93. The van der Waals surface area contributed by atoms with E-state index in [1.54, 1.807) is 12.1 Å². The van der Waals surface area contributed by atoms with Crippen LogP contribution in [0.15, 0.2) is 48.5 Å². The van der Waals surface area contributed by atoms with E-state index in [9.17, 15) is 21.6 Å². The molecule has 2 aromatic carbocycles. The Bertz CT molecular complexity index is 927. The van der Waals surface area contributed by atoms with Crippen molar-refractivity contribution in [3.63, 3.8) is 0 Å². The average Bonchev–Trinajstić information content (AvgIpc) is 2.70. The van der Waals surface area contributed by atoms with Crippen LogP contribution >= 0.6 is 0 Å². The Kier molecular flexibility index (Phi) is 8.85. The van der Waals surface area contributed by atoms with Gasteiger partial charge in [-0.2, -0.15) is 0 Å². The third-order valence-corrected chi connectivity index (χ3v) is 12.9. The summed E-state index contributed by atoms with van der Waals surface area (Å²) in [6.45, 7) is 3.64. The van der Waals surface area contributed by atoms with Gasteiger partial charge in [-0.15, -0.1) is 0 Å². The Morgan fingerprint density at radius 2 is 1.48 bits per heavy atom. The summed E-state index contributed by atoms with van der Waals surface area (Å²) in [6, 6.07) is 13.8. The fourth-order valence-electron chi connectivity index (χ4n) is 2.85. The molecule has 0 aromatic heterocycles. The standard InChI is InChI=1S/C21H27F3GeO5S/c1-4-28-15-16-29-19-9-5-17(6-10-19)13-14-25(2,3)18-7-11-20(12-8-18)30-31(26,27)21(22,23)24/h5-12H,4,13-16H2,1-3H3. The second-order valence-corrected chi connectivity index (χ2v) is 19.3. The van der Waals surface area contributed by atoms with Gasteiger partial charge in [0.2, 0.25) is 0 Å². The van der Waals surface area contributed by atoms with E-state index in [0.717, 1.165) is 21.8 Å². The molecule has 0 heterocycles. The van der Waals surface area contributed by atoms with E-state index < -0.39 is 28.9 Å². The predicted octanol–water partition coefficient (Wildman–Crippen LogP) is 4.49. The van der Waals surface area contributed by atoms with E-state index in [1.165, 1.54) is 17.7 Å². The van der Waals surface area contributed by atoms with Gasteiger partial charge in [-0.1, -0.05) is 0 Å². The van der Waals surface area contributed by atoms with Crippen molar-refractivity contribution in [1.82, 2.24) is 0 Å². The molecule has 0 radical (unpaired) electrons. The molecule has 2 aromatic rings. The van der Waals surface area contributed by atoms with Crippen molar-refractivity contribution < 1.29 is 35.2 Å². The van der Waals surface area contributed by atoms with Gasteiger partial charge in [-0.05, 0) is 0 Å². The number of alkyl halides is 3. The van der Waals surface area contributed by atoms with Crippen LogP contribution in [0.4, 0.5) is 13.2 Å². The molecule has 2 rings (SSSR count). The first-order chi connectivity index (χ1) is 14.4. The summed E-state index contributed by atoms with van der Waals surface area (Å²) >= 11 is -2.46. The Labute approximate surface area is 184 Å². The van der Waals surface area contributed by atoms with E-state index in [1.807, 2.05) is 31.2 Å². The van der Waals surface area contributed by atoms with Crippen LogP contribution in [0.25, 0.3) is 0 Å². The quantitative estimate of drug-likeness (QED) is 0.189. The molecule has 0 bridgehead atoms. The monoisotopic (exact) mass is 522 g/mol. The number of rotatable bonds is 11. The molecular formula is C21H27F3GeO5S. The summed E-state index contributed by atoms with van der Waals surface area (Å²) in [5.74, 6) is 4.84. The third kappa shape index (κ3) is 7.73. The minimum absolute atomic E-state index is 0.348. The number of hydrogen-bond donors (Lipinski definition) is 0. The van der Waals surface area contributed by atoms with E-state index in [2.05, 4.69) is 15.7 Å². The van der Waals surface area contributed by atoms with Crippen molar-refractivity contribution in [1.29, 1.82) is 0 Å². The van der Waals surface area contributed by atoms with Gasteiger partial charge in [-0.25, -0.2) is 0 Å². The van der Waals surface area contributed by atoms with Crippen molar-refractivity contribution in [2.45, 2.75) is 35.6 Å². The topological polar surface area (TPSA) is 61.8 Å². The Morgan fingerprint density at radius 1 is 0.903 bits per heavy atom. The molecule has 0 aliphatic carbocycles. The van der Waals surface area contributed by atoms with Gasteiger partial charge in [0.25, 0.3) is 0 Å². The fraction of sp³-hybridized carbons (Fsp3) is 0.429. The third-order valence-electron chi connectivity index (χ3n) is 4.79. The van der Waals surface area contributed by atoms with Crippen LogP contribution in [0.1, 0.15) is 12.5 Å². The maximum absolute atomic E-state index is 12.4. The Morgan fingerprint density at radius 3 is 2.03 bits per heavy atom. The molecule has 10 heteroatoms. The second-order valence-electron chi connectivity index (χ2n) is 7.58. The maximum atomic E-state index is 12.4. The molecule has 172 valence electrons. The van der Waals surface area contributed by atoms with Crippen molar-refractivity contribution in [3.8, 4) is 11.5 Å². The first-order valence-electron chi connectivity index (χ1n) is 9.85. The summed E-state index contributed by atoms with van der Waals surface area (Å²) in [4.78, 5) is 0. The molecule has 0 aliphatic heterocycles. The molecule has 0 amide bonds. The first kappa shape index (κ1) is 25.5. The van der Waals surface area contributed by atoms with Crippen molar-refractivity contribution in [3.05, 3.63) is 54.1 Å². The fourth-order valence-corrected chi connectivity index (χ4v) is 8.08.